The van der Waals surface area contributed by atoms with Crippen LogP contribution in [0.25, 0.3) is 0 Å². The number of benzene rings is 1. The van der Waals surface area contributed by atoms with Crippen molar-refractivity contribution < 1.29 is 9.13 Å². The van der Waals surface area contributed by atoms with Crippen LogP contribution in [0.2, 0.25) is 0 Å². The number of amidine groups is 1. The van der Waals surface area contributed by atoms with Crippen LogP contribution in [0.5, 0.6) is 5.75 Å². The summed E-state index contributed by atoms with van der Waals surface area (Å²) in [5, 5.41) is 8.54. The first-order valence-corrected chi connectivity index (χ1v) is 10.1. The van der Waals surface area contributed by atoms with Gasteiger partial charge in [-0.05, 0) is 25.8 Å². The summed E-state index contributed by atoms with van der Waals surface area (Å²) in [4.78, 5) is 15.1. The van der Waals surface area contributed by atoms with Gasteiger partial charge in [-0.2, -0.15) is 0 Å². The summed E-state index contributed by atoms with van der Waals surface area (Å²) in [6.45, 7) is 3.19. The minimum Gasteiger partial charge on any atom is -0.484 e. The average molecular weight is 423 g/mol. The number of nitrogen functional groups attached to an aromatic ring is 1. The first-order valence-electron chi connectivity index (χ1n) is 10.1. The summed E-state index contributed by atoms with van der Waals surface area (Å²) in [6, 6.07) is 2.63. The number of nitrogens with zero attached hydrogens (tertiary/aromatic N) is 4. The van der Waals surface area contributed by atoms with E-state index in [0.29, 0.717) is 24.5 Å². The second-order valence-electron chi connectivity index (χ2n) is 8.10. The van der Waals surface area contributed by atoms with Gasteiger partial charge in [0.25, 0.3) is 0 Å². The highest BCUT2D eigenvalue weighted by Gasteiger charge is 2.40. The Hall–Kier alpha value is -3.49. The minimum absolute atomic E-state index is 0.0124. The van der Waals surface area contributed by atoms with Crippen molar-refractivity contribution in [1.29, 1.82) is 5.41 Å². The fraction of sp³-hybridized carbons (Fsp3) is 0.364. The molecule has 0 spiro atoms. The lowest BCUT2D eigenvalue weighted by atomic mass is 10.0. The standard InChI is InChI=1S/C22H26FN7O/c1-22(4-5-22)31-19-9-13(15(24)10-14(19)23)21(26)16(25)11-20(27-2)30-8-3-17-18(12-30)29-7-6-28-17/h6-7,9-11,26H,3-5,8,12,24-25H2,1-2H3. The van der Waals surface area contributed by atoms with Gasteiger partial charge in [-0.1, -0.05) is 0 Å². The third-order valence-electron chi connectivity index (χ3n) is 5.63. The van der Waals surface area contributed by atoms with E-state index in [1.807, 2.05) is 11.8 Å². The Bertz CT molecular complexity index is 1090. The van der Waals surface area contributed by atoms with Crippen molar-refractivity contribution >= 4 is 17.2 Å². The van der Waals surface area contributed by atoms with Gasteiger partial charge in [-0.3, -0.25) is 20.4 Å². The molecule has 9 heteroatoms. The molecular weight excluding hydrogens is 397 g/mol. The normalized spacial score (nSPS) is 17.8. The zero-order chi connectivity index (χ0) is 22.2. The summed E-state index contributed by atoms with van der Waals surface area (Å²) in [6.07, 6.45) is 7.48. The van der Waals surface area contributed by atoms with Crippen molar-refractivity contribution in [2.45, 2.75) is 38.3 Å². The molecule has 0 radical (unpaired) electrons. The molecule has 0 atom stereocenters. The van der Waals surface area contributed by atoms with Crippen molar-refractivity contribution in [3.8, 4) is 5.75 Å². The van der Waals surface area contributed by atoms with Crippen molar-refractivity contribution in [2.75, 3.05) is 19.3 Å². The maximum Gasteiger partial charge on any atom is 0.167 e. The van der Waals surface area contributed by atoms with Gasteiger partial charge in [0, 0.05) is 55.8 Å². The molecule has 5 N–H and O–H groups in total. The molecule has 1 aromatic carbocycles. The lowest BCUT2D eigenvalue weighted by Crippen LogP contribution is -2.36. The third-order valence-corrected chi connectivity index (χ3v) is 5.63. The topological polar surface area (TPSA) is 126 Å². The predicted octanol–water partition coefficient (Wildman–Crippen LogP) is 2.43. The SMILES string of the molecule is CN=C(C=C(N)C(=N)c1cc(OC2(C)CC2)c(F)cc1N)N1CCc2nccnc2C1. The quantitative estimate of drug-likeness (QED) is 0.385. The monoisotopic (exact) mass is 423 g/mol. The van der Waals surface area contributed by atoms with Gasteiger partial charge in [0.2, 0.25) is 0 Å². The van der Waals surface area contributed by atoms with E-state index < -0.39 is 5.82 Å². The van der Waals surface area contributed by atoms with Gasteiger partial charge in [-0.25, -0.2) is 4.39 Å². The molecule has 8 nitrogen and oxygen atoms in total. The first-order chi connectivity index (χ1) is 14.8. The number of hydrogen-bond acceptors (Lipinski definition) is 7. The molecule has 0 saturated heterocycles. The van der Waals surface area contributed by atoms with Crippen molar-refractivity contribution in [3.63, 3.8) is 0 Å². The van der Waals surface area contributed by atoms with E-state index in [1.165, 1.54) is 12.1 Å². The number of nitrogens with two attached hydrogens (primary N) is 2. The molecule has 0 unspecified atom stereocenters. The molecule has 1 aliphatic carbocycles. The minimum atomic E-state index is -0.548. The Morgan fingerprint density at radius 3 is 2.68 bits per heavy atom. The molecule has 31 heavy (non-hydrogen) atoms. The maximum absolute atomic E-state index is 14.3. The van der Waals surface area contributed by atoms with Crippen LogP contribution in [-0.2, 0) is 13.0 Å². The smallest absolute Gasteiger partial charge is 0.167 e. The van der Waals surface area contributed by atoms with Gasteiger partial charge >= 0.3 is 0 Å². The number of ether oxygens (including phenoxy) is 1. The van der Waals surface area contributed by atoms with E-state index in [1.54, 1.807) is 25.5 Å². The van der Waals surface area contributed by atoms with Crippen LogP contribution in [0.3, 0.4) is 0 Å². The van der Waals surface area contributed by atoms with Gasteiger partial charge in [0.1, 0.15) is 11.4 Å². The largest absolute Gasteiger partial charge is 0.484 e. The van der Waals surface area contributed by atoms with Crippen LogP contribution in [0.4, 0.5) is 10.1 Å². The number of halogens is 1. The van der Waals surface area contributed by atoms with Gasteiger partial charge in [0.15, 0.2) is 11.6 Å². The fourth-order valence-electron chi connectivity index (χ4n) is 3.50. The second kappa shape index (κ2) is 7.98. The number of rotatable bonds is 5. The van der Waals surface area contributed by atoms with Crippen LogP contribution in [0, 0.1) is 11.2 Å². The van der Waals surface area contributed by atoms with E-state index in [9.17, 15) is 4.39 Å². The predicted molar refractivity (Wildman–Crippen MR) is 118 cm³/mol. The molecule has 0 amide bonds. The summed E-state index contributed by atoms with van der Waals surface area (Å²) in [5.41, 5.74) is 14.4. The lowest BCUT2D eigenvalue weighted by molar-refractivity contribution is 0.191. The molecule has 1 saturated carbocycles. The molecule has 1 fully saturated rings. The lowest BCUT2D eigenvalue weighted by Gasteiger charge is -2.29. The number of allylic oxidation sites excluding steroid dienone is 1. The molecule has 0 bridgehead atoms. The highest BCUT2D eigenvalue weighted by atomic mass is 19.1. The second-order valence-corrected chi connectivity index (χ2v) is 8.10. The van der Waals surface area contributed by atoms with Gasteiger partial charge in [0.05, 0.1) is 29.3 Å². The Labute approximate surface area is 180 Å². The van der Waals surface area contributed by atoms with E-state index in [-0.39, 0.29) is 28.4 Å². The number of aliphatic imine (C=N–C) groups is 1. The molecular formula is C22H26FN7O. The van der Waals surface area contributed by atoms with Crippen LogP contribution < -0.4 is 16.2 Å². The molecule has 162 valence electrons. The molecule has 2 aliphatic rings. The van der Waals surface area contributed by atoms with Crippen LogP contribution in [0.15, 0.2) is 41.3 Å². The number of hydrogen-bond donors (Lipinski definition) is 3. The fourth-order valence-corrected chi connectivity index (χ4v) is 3.50. The zero-order valence-electron chi connectivity index (χ0n) is 17.7. The van der Waals surface area contributed by atoms with E-state index in [0.717, 1.165) is 30.7 Å². The average Bonchev–Trinajstić information content (AvgIpc) is 3.49. The van der Waals surface area contributed by atoms with E-state index in [2.05, 4.69) is 15.0 Å². The highest BCUT2D eigenvalue weighted by Crippen LogP contribution is 2.41. The van der Waals surface area contributed by atoms with Crippen molar-refractivity contribution in [2.24, 2.45) is 10.7 Å². The summed E-state index contributed by atoms with van der Waals surface area (Å²) < 4.78 is 20.1. The zero-order valence-corrected chi connectivity index (χ0v) is 17.7. The Balaban J connectivity index is 1.56. The van der Waals surface area contributed by atoms with E-state index in [4.69, 9.17) is 21.6 Å². The number of aromatic nitrogens is 2. The first kappa shape index (κ1) is 20.8. The Kier molecular flexibility index (Phi) is 5.34. The molecule has 4 rings (SSSR count). The summed E-state index contributed by atoms with van der Waals surface area (Å²) in [5.74, 6) is 0.159. The molecule has 1 aliphatic heterocycles. The number of nitrogens with one attached hydrogen (secondary N) is 1. The Morgan fingerprint density at radius 1 is 1.29 bits per heavy atom. The molecule has 2 aromatic rings. The summed E-state index contributed by atoms with van der Waals surface area (Å²) in [7, 11) is 1.67. The van der Waals surface area contributed by atoms with Crippen molar-refractivity contribution in [1.82, 2.24) is 14.9 Å². The highest BCUT2D eigenvalue weighted by molar-refractivity contribution is 6.16. The third kappa shape index (κ3) is 4.35. The van der Waals surface area contributed by atoms with Gasteiger partial charge < -0.3 is 21.1 Å². The summed E-state index contributed by atoms with van der Waals surface area (Å²) >= 11 is 0. The number of anilines is 1. The van der Waals surface area contributed by atoms with Crippen LogP contribution in [-0.4, -0.2) is 45.6 Å². The van der Waals surface area contributed by atoms with Crippen molar-refractivity contribution in [3.05, 3.63) is 59.1 Å². The molecule has 1 aromatic heterocycles. The molecule has 2 heterocycles. The van der Waals surface area contributed by atoms with Crippen LogP contribution >= 0.6 is 0 Å². The Morgan fingerprint density at radius 2 is 2.00 bits per heavy atom. The van der Waals surface area contributed by atoms with Gasteiger partial charge in [-0.15, -0.1) is 0 Å². The van der Waals surface area contributed by atoms with Crippen LogP contribution in [0.1, 0.15) is 36.7 Å². The maximum atomic E-state index is 14.3. The van der Waals surface area contributed by atoms with E-state index >= 15 is 0 Å². The number of fused-ring (bicyclic) bond motifs is 1.